The molecule has 1 saturated carbocycles. The Morgan fingerprint density at radius 1 is 0.865 bits per heavy atom. The lowest BCUT2D eigenvalue weighted by molar-refractivity contribution is -0.200. The number of para-hydroxylation sites is 1. The molecule has 4 atom stereocenters. The summed E-state index contributed by atoms with van der Waals surface area (Å²) in [4.78, 5) is 36.8. The molecule has 2 aromatic rings. The second kappa shape index (κ2) is 11.1. The lowest BCUT2D eigenvalue weighted by Gasteiger charge is -2.39. The van der Waals surface area contributed by atoms with Crippen LogP contribution in [0.3, 0.4) is 0 Å². The number of phenols is 4. The lowest BCUT2D eigenvalue weighted by Crippen LogP contribution is -2.57. The minimum absolute atomic E-state index is 0.0790. The van der Waals surface area contributed by atoms with E-state index in [4.69, 9.17) is 4.74 Å². The molecule has 0 aromatic heterocycles. The number of aromatic hydroxyl groups is 4. The van der Waals surface area contributed by atoms with Crippen LogP contribution in [0.1, 0.15) is 24.0 Å². The van der Waals surface area contributed by atoms with E-state index < -0.39 is 71.9 Å². The van der Waals surface area contributed by atoms with E-state index >= 15 is 0 Å². The average molecular weight is 516 g/mol. The number of hydrogen-bond acceptors (Lipinski definition) is 12. The van der Waals surface area contributed by atoms with E-state index in [0.717, 1.165) is 24.3 Å². The smallest absolute Gasteiger partial charge is 0.346 e. The first-order valence-corrected chi connectivity index (χ1v) is 10.8. The van der Waals surface area contributed by atoms with Gasteiger partial charge in [-0.2, -0.15) is 0 Å². The molecule has 1 aliphatic carbocycles. The topological polar surface area (TPSA) is 211 Å². The van der Waals surface area contributed by atoms with E-state index in [2.05, 4.69) is 4.74 Å². The number of phenolic OH excluding ortho intramolecular Hbond substituents is 4. The Morgan fingerprint density at radius 3 is 2.27 bits per heavy atom. The van der Waals surface area contributed by atoms with Crippen molar-refractivity contribution >= 4 is 30.1 Å². The summed E-state index contributed by atoms with van der Waals surface area (Å²) >= 11 is 0. The molecular formula is C25H24O12. The van der Waals surface area contributed by atoms with Gasteiger partial charge in [0, 0.05) is 30.6 Å². The van der Waals surface area contributed by atoms with Crippen molar-refractivity contribution in [3.8, 4) is 23.0 Å². The fourth-order valence-electron chi connectivity index (χ4n) is 3.59. The van der Waals surface area contributed by atoms with Gasteiger partial charge in [0.05, 0.1) is 6.10 Å². The fraction of sp³-hybridized carbons (Fsp3) is 0.240. The average Bonchev–Trinajstić information content (AvgIpc) is 2.84. The molecule has 196 valence electrons. The van der Waals surface area contributed by atoms with Gasteiger partial charge in [0.2, 0.25) is 0 Å². The molecule has 1 fully saturated rings. The van der Waals surface area contributed by atoms with Crippen molar-refractivity contribution in [2.45, 2.75) is 36.8 Å². The van der Waals surface area contributed by atoms with E-state index in [9.17, 15) is 50.1 Å². The third-order valence-electron chi connectivity index (χ3n) is 5.56. The van der Waals surface area contributed by atoms with Crippen molar-refractivity contribution < 1.29 is 59.6 Å². The van der Waals surface area contributed by atoms with Crippen molar-refractivity contribution in [1.82, 2.24) is 0 Å². The first-order chi connectivity index (χ1) is 17.4. The highest BCUT2D eigenvalue weighted by atomic mass is 16.6. The van der Waals surface area contributed by atoms with Crippen LogP contribution in [0.4, 0.5) is 0 Å². The van der Waals surface area contributed by atoms with Crippen LogP contribution >= 0.6 is 0 Å². The number of esters is 3. The summed E-state index contributed by atoms with van der Waals surface area (Å²) in [6.45, 7) is 0. The summed E-state index contributed by atoms with van der Waals surface area (Å²) in [7, 11) is 0. The molecule has 0 radical (unpaired) electrons. The van der Waals surface area contributed by atoms with Crippen LogP contribution in [0.5, 0.6) is 23.0 Å². The van der Waals surface area contributed by atoms with Crippen LogP contribution in [0, 0.1) is 0 Å². The van der Waals surface area contributed by atoms with Gasteiger partial charge < -0.3 is 45.2 Å². The molecule has 0 heterocycles. The molecule has 7 N–H and O–H groups in total. The maximum absolute atomic E-state index is 12.5. The van der Waals surface area contributed by atoms with Crippen molar-refractivity contribution in [2.24, 2.45) is 0 Å². The first-order valence-electron chi connectivity index (χ1n) is 10.8. The summed E-state index contributed by atoms with van der Waals surface area (Å²) in [5, 5.41) is 69.1. The molecule has 0 aliphatic heterocycles. The molecule has 12 heteroatoms. The van der Waals surface area contributed by atoms with Crippen molar-refractivity contribution in [3.63, 3.8) is 0 Å². The molecule has 0 bridgehead atoms. The van der Waals surface area contributed by atoms with Gasteiger partial charge in [0.25, 0.3) is 0 Å². The number of benzene rings is 2. The standard InChI is InChI=1S/C25H24O12/c26-15-7-4-13(10-17(15)28)5-8-21(31)37-24(34)25(35)11-18(29)23(33)19(12-25)36-20(30)9-6-14-2-1-3-16(27)22(14)32/h1-10,18-19,23,26-29,32-33,35H,11-12H2/b8-5+,9-6+/t18-,19-,23+,25-/m1/s1. The van der Waals surface area contributed by atoms with Crippen LogP contribution < -0.4 is 0 Å². The monoisotopic (exact) mass is 516 g/mol. The molecule has 0 saturated heterocycles. The van der Waals surface area contributed by atoms with E-state index in [0.29, 0.717) is 0 Å². The summed E-state index contributed by atoms with van der Waals surface area (Å²) < 4.78 is 9.66. The highest BCUT2D eigenvalue weighted by Gasteiger charge is 2.51. The molecule has 37 heavy (non-hydrogen) atoms. The summed E-state index contributed by atoms with van der Waals surface area (Å²) in [5.41, 5.74) is -2.12. The minimum Gasteiger partial charge on any atom is -0.504 e. The Morgan fingerprint density at radius 2 is 1.57 bits per heavy atom. The molecular weight excluding hydrogens is 492 g/mol. The van der Waals surface area contributed by atoms with Crippen LogP contribution in [-0.2, 0) is 23.9 Å². The molecule has 0 spiro atoms. The van der Waals surface area contributed by atoms with Crippen LogP contribution in [0.2, 0.25) is 0 Å². The van der Waals surface area contributed by atoms with E-state index in [1.807, 2.05) is 0 Å². The number of aliphatic hydroxyl groups excluding tert-OH is 2. The van der Waals surface area contributed by atoms with Gasteiger partial charge in [-0.1, -0.05) is 18.2 Å². The van der Waals surface area contributed by atoms with E-state index in [1.165, 1.54) is 36.4 Å². The zero-order valence-corrected chi connectivity index (χ0v) is 19.1. The maximum Gasteiger partial charge on any atom is 0.346 e. The Hall–Kier alpha value is -4.39. The molecule has 3 rings (SSSR count). The summed E-state index contributed by atoms with van der Waals surface area (Å²) in [5.74, 6) is -5.44. The number of carbonyl (C=O) groups excluding carboxylic acids is 3. The quantitative estimate of drug-likeness (QED) is 0.121. The normalized spacial score (nSPS) is 23.7. The highest BCUT2D eigenvalue weighted by Crippen LogP contribution is 2.33. The van der Waals surface area contributed by atoms with Gasteiger partial charge in [-0.3, -0.25) is 0 Å². The number of ether oxygens (including phenoxy) is 2. The second-order valence-electron chi connectivity index (χ2n) is 8.31. The molecule has 12 nitrogen and oxygen atoms in total. The maximum atomic E-state index is 12.5. The third-order valence-corrected chi connectivity index (χ3v) is 5.56. The SMILES string of the molecule is O=C(/C=C/c1ccc(O)c(O)c1)OC(=O)[C@@]1(O)C[C@@H](O)[C@H](O)[C@H](OC(=O)/C=C/c2cccc(O)c2O)C1. The predicted molar refractivity (Wildman–Crippen MR) is 125 cm³/mol. The number of rotatable bonds is 6. The summed E-state index contributed by atoms with van der Waals surface area (Å²) in [6.07, 6.45) is -2.41. The molecule has 2 aromatic carbocycles. The van der Waals surface area contributed by atoms with Gasteiger partial charge >= 0.3 is 17.9 Å². The number of carbonyl (C=O) groups is 3. The Labute approximate surface area is 209 Å². The Kier molecular flexibility index (Phi) is 8.17. The summed E-state index contributed by atoms with van der Waals surface area (Å²) in [6, 6.07) is 7.71. The van der Waals surface area contributed by atoms with Crippen molar-refractivity contribution in [3.05, 3.63) is 59.7 Å². The first kappa shape index (κ1) is 27.2. The van der Waals surface area contributed by atoms with Gasteiger partial charge in [-0.25, -0.2) is 14.4 Å². The largest absolute Gasteiger partial charge is 0.504 e. The number of hydrogen-bond donors (Lipinski definition) is 7. The zero-order valence-electron chi connectivity index (χ0n) is 19.1. The third kappa shape index (κ3) is 6.64. The zero-order chi connectivity index (χ0) is 27.3. The van der Waals surface area contributed by atoms with Crippen LogP contribution in [-0.4, -0.2) is 77.6 Å². The molecule has 0 unspecified atom stereocenters. The van der Waals surface area contributed by atoms with Gasteiger partial charge in [-0.15, -0.1) is 0 Å². The van der Waals surface area contributed by atoms with Crippen molar-refractivity contribution in [1.29, 1.82) is 0 Å². The molecule has 0 amide bonds. The van der Waals surface area contributed by atoms with Crippen LogP contribution in [0.15, 0.2) is 48.6 Å². The van der Waals surface area contributed by atoms with Gasteiger partial charge in [0.1, 0.15) is 12.2 Å². The second-order valence-corrected chi connectivity index (χ2v) is 8.31. The Bertz CT molecular complexity index is 1250. The van der Waals surface area contributed by atoms with Gasteiger partial charge in [-0.05, 0) is 35.9 Å². The fourth-order valence-corrected chi connectivity index (χ4v) is 3.59. The van der Waals surface area contributed by atoms with E-state index in [-0.39, 0.29) is 16.9 Å². The minimum atomic E-state index is -2.49. The Balaban J connectivity index is 1.65. The molecule has 1 aliphatic rings. The predicted octanol–water partition coefficient (Wildman–Crippen LogP) is 0.464. The van der Waals surface area contributed by atoms with Gasteiger partial charge in [0.15, 0.2) is 28.6 Å². The van der Waals surface area contributed by atoms with Crippen molar-refractivity contribution in [2.75, 3.05) is 0 Å². The lowest BCUT2D eigenvalue weighted by atomic mass is 9.79. The van der Waals surface area contributed by atoms with E-state index in [1.54, 1.807) is 0 Å². The number of aliphatic hydroxyl groups is 3. The van der Waals surface area contributed by atoms with Crippen LogP contribution in [0.25, 0.3) is 12.2 Å². The highest BCUT2D eigenvalue weighted by molar-refractivity contribution is 5.97.